The maximum absolute atomic E-state index is 5.24. The Bertz CT molecular complexity index is 728. The van der Waals surface area contributed by atoms with Crippen molar-refractivity contribution in [1.29, 1.82) is 0 Å². The normalized spacial score (nSPS) is 10.6. The fourth-order valence-corrected chi connectivity index (χ4v) is 2.81. The van der Waals surface area contributed by atoms with Gasteiger partial charge in [0.2, 0.25) is 11.7 Å². The van der Waals surface area contributed by atoms with Gasteiger partial charge in [-0.15, -0.1) is 11.3 Å². The monoisotopic (exact) mass is 365 g/mol. The summed E-state index contributed by atoms with van der Waals surface area (Å²) in [7, 11) is 1.64. The van der Waals surface area contributed by atoms with Gasteiger partial charge in [0.15, 0.2) is 0 Å². The second kappa shape index (κ2) is 6.28. The van der Waals surface area contributed by atoms with Crippen LogP contribution in [0.3, 0.4) is 0 Å². The van der Waals surface area contributed by atoms with E-state index in [4.69, 9.17) is 9.26 Å². The molecule has 7 heteroatoms. The molecule has 0 aliphatic carbocycles. The molecule has 2 aromatic heterocycles. The molecule has 0 amide bonds. The predicted molar refractivity (Wildman–Crippen MR) is 85.6 cm³/mol. The van der Waals surface area contributed by atoms with Crippen molar-refractivity contribution in [3.8, 4) is 16.5 Å². The minimum Gasteiger partial charge on any atom is -0.497 e. The van der Waals surface area contributed by atoms with Crippen LogP contribution in [0.5, 0.6) is 5.75 Å². The second-order valence-corrected chi connectivity index (χ2v) is 5.99. The Morgan fingerprint density at radius 1 is 1.38 bits per heavy atom. The SMILES string of the molecule is COc1ccc(Br)c(NCc2nc(-c3cccs3)no2)c1. The van der Waals surface area contributed by atoms with Crippen LogP contribution in [0, 0.1) is 0 Å². The number of anilines is 1. The molecule has 0 aliphatic heterocycles. The molecule has 0 saturated heterocycles. The van der Waals surface area contributed by atoms with Gasteiger partial charge in [0.05, 0.1) is 24.2 Å². The van der Waals surface area contributed by atoms with E-state index in [9.17, 15) is 0 Å². The van der Waals surface area contributed by atoms with Crippen molar-refractivity contribution < 1.29 is 9.26 Å². The predicted octanol–water partition coefficient (Wildman–Crippen LogP) is 4.18. The largest absolute Gasteiger partial charge is 0.497 e. The molecular weight excluding hydrogens is 354 g/mol. The third-order valence-corrected chi connectivity index (χ3v) is 4.37. The summed E-state index contributed by atoms with van der Waals surface area (Å²) >= 11 is 5.07. The van der Waals surface area contributed by atoms with Crippen LogP contribution in [-0.2, 0) is 6.54 Å². The van der Waals surface area contributed by atoms with Crippen molar-refractivity contribution in [2.45, 2.75) is 6.54 Å². The average molecular weight is 366 g/mol. The molecule has 0 atom stereocenters. The number of aromatic nitrogens is 2. The van der Waals surface area contributed by atoms with Gasteiger partial charge in [-0.1, -0.05) is 11.2 Å². The lowest BCUT2D eigenvalue weighted by atomic mass is 10.3. The maximum atomic E-state index is 5.24. The molecule has 0 fully saturated rings. The zero-order valence-corrected chi connectivity index (χ0v) is 13.6. The second-order valence-electron chi connectivity index (χ2n) is 4.19. The van der Waals surface area contributed by atoms with Crippen LogP contribution in [-0.4, -0.2) is 17.3 Å². The highest BCUT2D eigenvalue weighted by molar-refractivity contribution is 9.10. The van der Waals surface area contributed by atoms with Crippen LogP contribution in [0.4, 0.5) is 5.69 Å². The summed E-state index contributed by atoms with van der Waals surface area (Å²) in [5.41, 5.74) is 0.908. The lowest BCUT2D eigenvalue weighted by molar-refractivity contribution is 0.384. The Morgan fingerprint density at radius 2 is 2.29 bits per heavy atom. The minimum absolute atomic E-state index is 0.449. The van der Waals surface area contributed by atoms with Gasteiger partial charge in [-0.2, -0.15) is 4.98 Å². The number of rotatable bonds is 5. The molecule has 0 unspecified atom stereocenters. The van der Waals surface area contributed by atoms with Crippen LogP contribution >= 0.6 is 27.3 Å². The van der Waals surface area contributed by atoms with Gasteiger partial charge in [0, 0.05) is 10.5 Å². The van der Waals surface area contributed by atoms with E-state index in [2.05, 4.69) is 31.4 Å². The third kappa shape index (κ3) is 3.25. The topological polar surface area (TPSA) is 60.2 Å². The Balaban J connectivity index is 1.71. The summed E-state index contributed by atoms with van der Waals surface area (Å²) in [6, 6.07) is 9.64. The number of thiophene rings is 1. The lowest BCUT2D eigenvalue weighted by Crippen LogP contribution is -2.00. The first-order chi connectivity index (χ1) is 10.3. The summed E-state index contributed by atoms with van der Waals surface area (Å²) in [4.78, 5) is 5.36. The van der Waals surface area contributed by atoms with Gasteiger partial charge in [-0.05, 0) is 39.5 Å². The van der Waals surface area contributed by atoms with Crippen LogP contribution < -0.4 is 10.1 Å². The van der Waals surface area contributed by atoms with Crippen molar-refractivity contribution in [2.75, 3.05) is 12.4 Å². The Morgan fingerprint density at radius 3 is 3.05 bits per heavy atom. The van der Waals surface area contributed by atoms with Gasteiger partial charge < -0.3 is 14.6 Å². The van der Waals surface area contributed by atoms with E-state index in [0.717, 1.165) is 20.8 Å². The maximum Gasteiger partial charge on any atom is 0.246 e. The molecule has 2 heterocycles. The number of hydrogen-bond donors (Lipinski definition) is 1. The first kappa shape index (κ1) is 14.1. The lowest BCUT2D eigenvalue weighted by Gasteiger charge is -2.08. The molecule has 108 valence electrons. The average Bonchev–Trinajstić information content (AvgIpc) is 3.17. The number of nitrogens with zero attached hydrogens (tertiary/aromatic N) is 2. The smallest absolute Gasteiger partial charge is 0.246 e. The number of hydrogen-bond acceptors (Lipinski definition) is 6. The minimum atomic E-state index is 0.449. The molecular formula is C14H12BrN3O2S. The number of nitrogens with one attached hydrogen (secondary N) is 1. The molecule has 1 N–H and O–H groups in total. The van der Waals surface area contributed by atoms with E-state index in [1.54, 1.807) is 18.4 Å². The molecule has 0 bridgehead atoms. The van der Waals surface area contributed by atoms with Crippen molar-refractivity contribution in [2.24, 2.45) is 0 Å². The van der Waals surface area contributed by atoms with Gasteiger partial charge in [0.1, 0.15) is 5.75 Å². The molecule has 21 heavy (non-hydrogen) atoms. The quantitative estimate of drug-likeness (QED) is 0.734. The van der Waals surface area contributed by atoms with Gasteiger partial charge >= 0.3 is 0 Å². The van der Waals surface area contributed by atoms with E-state index in [0.29, 0.717) is 18.3 Å². The molecule has 3 rings (SSSR count). The summed E-state index contributed by atoms with van der Waals surface area (Å²) < 4.78 is 11.4. The number of ether oxygens (including phenoxy) is 1. The Hall–Kier alpha value is -1.86. The summed E-state index contributed by atoms with van der Waals surface area (Å²) in [6.45, 7) is 0.449. The number of methoxy groups -OCH3 is 1. The van der Waals surface area contributed by atoms with Gasteiger partial charge in [-0.3, -0.25) is 0 Å². The molecule has 3 aromatic rings. The zero-order valence-electron chi connectivity index (χ0n) is 11.2. The first-order valence-electron chi connectivity index (χ1n) is 6.20. The molecule has 0 spiro atoms. The van der Waals surface area contributed by atoms with Crippen molar-refractivity contribution in [1.82, 2.24) is 10.1 Å². The van der Waals surface area contributed by atoms with Crippen molar-refractivity contribution >= 4 is 33.0 Å². The van der Waals surface area contributed by atoms with Crippen LogP contribution in [0.25, 0.3) is 10.7 Å². The molecule has 1 aromatic carbocycles. The van der Waals surface area contributed by atoms with E-state index < -0.39 is 0 Å². The molecule has 0 radical (unpaired) electrons. The number of halogens is 1. The molecule has 5 nitrogen and oxygen atoms in total. The highest BCUT2D eigenvalue weighted by Crippen LogP contribution is 2.27. The Kier molecular flexibility index (Phi) is 4.21. The number of benzene rings is 1. The van der Waals surface area contributed by atoms with Crippen LogP contribution in [0.15, 0.2) is 44.7 Å². The van der Waals surface area contributed by atoms with Gasteiger partial charge in [-0.25, -0.2) is 0 Å². The van der Waals surface area contributed by atoms with E-state index in [1.165, 1.54) is 0 Å². The van der Waals surface area contributed by atoms with Gasteiger partial charge in [0.25, 0.3) is 0 Å². The first-order valence-corrected chi connectivity index (χ1v) is 7.87. The summed E-state index contributed by atoms with van der Waals surface area (Å²) in [5, 5.41) is 9.20. The fraction of sp³-hybridized carbons (Fsp3) is 0.143. The summed E-state index contributed by atoms with van der Waals surface area (Å²) in [6.07, 6.45) is 0. The third-order valence-electron chi connectivity index (χ3n) is 2.81. The Labute approximate surface area is 134 Å². The van der Waals surface area contributed by atoms with Crippen LogP contribution in [0.2, 0.25) is 0 Å². The van der Waals surface area contributed by atoms with E-state index in [1.807, 2.05) is 35.7 Å². The fourth-order valence-electron chi connectivity index (χ4n) is 1.77. The highest BCUT2D eigenvalue weighted by Gasteiger charge is 2.10. The zero-order chi connectivity index (χ0) is 14.7. The molecule has 0 saturated carbocycles. The van der Waals surface area contributed by atoms with E-state index >= 15 is 0 Å². The van der Waals surface area contributed by atoms with Crippen LogP contribution in [0.1, 0.15) is 5.89 Å². The van der Waals surface area contributed by atoms with E-state index in [-0.39, 0.29) is 0 Å². The van der Waals surface area contributed by atoms with Crippen molar-refractivity contribution in [3.05, 3.63) is 46.1 Å². The molecule has 0 aliphatic rings. The van der Waals surface area contributed by atoms with Crippen molar-refractivity contribution in [3.63, 3.8) is 0 Å². The highest BCUT2D eigenvalue weighted by atomic mass is 79.9. The summed E-state index contributed by atoms with van der Waals surface area (Å²) in [5.74, 6) is 1.94. The standard InChI is InChI=1S/C14H12BrN3O2S/c1-19-9-4-5-10(15)11(7-9)16-8-13-17-14(18-20-13)12-3-2-6-21-12/h2-7,16H,8H2,1H3.